The number of hydrogen-bond donors (Lipinski definition) is 2. The van der Waals surface area contributed by atoms with Gasteiger partial charge < -0.3 is 15.4 Å². The molecule has 0 fully saturated rings. The molecule has 20 heavy (non-hydrogen) atoms. The summed E-state index contributed by atoms with van der Waals surface area (Å²) in [6.45, 7) is 2.37. The Morgan fingerprint density at radius 3 is 3.25 bits per heavy atom. The fourth-order valence-electron chi connectivity index (χ4n) is 2.02. The number of nitrogens with zero attached hydrogens (tertiary/aromatic N) is 3. The van der Waals surface area contributed by atoms with Crippen LogP contribution in [0.5, 0.6) is 5.75 Å². The van der Waals surface area contributed by atoms with Crippen molar-refractivity contribution in [1.29, 1.82) is 0 Å². The minimum Gasteiger partial charge on any atom is -0.482 e. The average Bonchev–Trinajstić information content (AvgIpc) is 2.96. The number of benzene rings is 1. The lowest BCUT2D eigenvalue weighted by molar-refractivity contribution is -0.118. The predicted octanol–water partition coefficient (Wildman–Crippen LogP) is 0.399. The zero-order chi connectivity index (χ0) is 13.8. The molecule has 7 nitrogen and oxygen atoms in total. The monoisotopic (exact) mass is 273 g/mol. The van der Waals surface area contributed by atoms with Crippen LogP contribution in [0.1, 0.15) is 5.56 Å². The van der Waals surface area contributed by atoms with E-state index in [4.69, 9.17) is 4.74 Å². The second-order valence-corrected chi connectivity index (χ2v) is 4.51. The molecule has 1 amide bonds. The SMILES string of the molecule is O=C1COc2ccc(CNCCn3ccnn3)cc2N1. The largest absolute Gasteiger partial charge is 0.482 e. The maximum absolute atomic E-state index is 11.3. The predicted molar refractivity (Wildman–Crippen MR) is 72.3 cm³/mol. The number of fused-ring (bicyclic) bond motifs is 1. The van der Waals surface area contributed by atoms with Gasteiger partial charge >= 0.3 is 0 Å². The van der Waals surface area contributed by atoms with E-state index in [1.165, 1.54) is 0 Å². The number of aromatic nitrogens is 3. The Kier molecular flexibility index (Phi) is 3.60. The van der Waals surface area contributed by atoms with E-state index in [0.29, 0.717) is 0 Å². The van der Waals surface area contributed by atoms with E-state index in [2.05, 4.69) is 20.9 Å². The summed E-state index contributed by atoms with van der Waals surface area (Å²) < 4.78 is 7.09. The summed E-state index contributed by atoms with van der Waals surface area (Å²) in [7, 11) is 0. The van der Waals surface area contributed by atoms with Crippen LogP contribution in [0.4, 0.5) is 5.69 Å². The van der Waals surface area contributed by atoms with Crippen LogP contribution in [-0.2, 0) is 17.9 Å². The number of nitrogens with one attached hydrogen (secondary N) is 2. The molecule has 0 aliphatic carbocycles. The molecule has 2 heterocycles. The second kappa shape index (κ2) is 5.70. The molecule has 1 aliphatic rings. The standard InChI is InChI=1S/C13H15N5O2/c19-13-9-20-12-2-1-10(7-11(12)16-13)8-14-3-5-18-6-4-15-17-18/h1-2,4,6-7,14H,3,5,8-9H2,(H,16,19). The Hall–Kier alpha value is -2.41. The number of amides is 1. The van der Waals surface area contributed by atoms with Crippen LogP contribution in [-0.4, -0.2) is 34.1 Å². The third-order valence-electron chi connectivity index (χ3n) is 3.00. The van der Waals surface area contributed by atoms with Crippen molar-refractivity contribution in [1.82, 2.24) is 20.3 Å². The first-order valence-corrected chi connectivity index (χ1v) is 6.42. The van der Waals surface area contributed by atoms with Crippen molar-refractivity contribution in [3.63, 3.8) is 0 Å². The van der Waals surface area contributed by atoms with Gasteiger partial charge in [-0.25, -0.2) is 0 Å². The van der Waals surface area contributed by atoms with Gasteiger partial charge in [-0.2, -0.15) is 0 Å². The Balaban J connectivity index is 1.53. The van der Waals surface area contributed by atoms with Crippen LogP contribution in [0.15, 0.2) is 30.6 Å². The Morgan fingerprint density at radius 1 is 1.45 bits per heavy atom. The molecule has 0 atom stereocenters. The van der Waals surface area contributed by atoms with Crippen LogP contribution in [0, 0.1) is 0 Å². The highest BCUT2D eigenvalue weighted by atomic mass is 16.5. The lowest BCUT2D eigenvalue weighted by atomic mass is 10.1. The Morgan fingerprint density at radius 2 is 2.40 bits per heavy atom. The van der Waals surface area contributed by atoms with Gasteiger partial charge in [0.05, 0.1) is 18.4 Å². The highest BCUT2D eigenvalue weighted by Gasteiger charge is 2.15. The second-order valence-electron chi connectivity index (χ2n) is 4.51. The van der Waals surface area contributed by atoms with Gasteiger partial charge in [0.15, 0.2) is 6.61 Å². The molecule has 7 heteroatoms. The van der Waals surface area contributed by atoms with Crippen LogP contribution in [0.3, 0.4) is 0 Å². The van der Waals surface area contributed by atoms with Crippen LogP contribution >= 0.6 is 0 Å². The molecule has 0 spiro atoms. The van der Waals surface area contributed by atoms with Gasteiger partial charge in [0.1, 0.15) is 5.75 Å². The van der Waals surface area contributed by atoms with E-state index in [-0.39, 0.29) is 12.5 Å². The normalized spacial score (nSPS) is 13.5. The van der Waals surface area contributed by atoms with Gasteiger partial charge in [-0.15, -0.1) is 5.10 Å². The van der Waals surface area contributed by atoms with Crippen molar-refractivity contribution in [3.05, 3.63) is 36.2 Å². The lowest BCUT2D eigenvalue weighted by Gasteiger charge is -2.18. The first kappa shape index (κ1) is 12.6. The third kappa shape index (κ3) is 2.94. The molecule has 1 aliphatic heterocycles. The van der Waals surface area contributed by atoms with Crippen molar-refractivity contribution in [2.45, 2.75) is 13.1 Å². The number of carbonyl (C=O) groups excluding carboxylic acids is 1. The van der Waals surface area contributed by atoms with Gasteiger partial charge in [-0.05, 0) is 17.7 Å². The van der Waals surface area contributed by atoms with Gasteiger partial charge in [-0.1, -0.05) is 11.3 Å². The molecule has 0 radical (unpaired) electrons. The Bertz CT molecular complexity index is 597. The number of hydrogen-bond acceptors (Lipinski definition) is 5. The number of carbonyl (C=O) groups is 1. The minimum absolute atomic E-state index is 0.0858. The molecule has 0 bridgehead atoms. The molecule has 0 saturated heterocycles. The number of ether oxygens (including phenoxy) is 1. The topological polar surface area (TPSA) is 81.1 Å². The van der Waals surface area contributed by atoms with E-state index < -0.39 is 0 Å². The molecule has 3 rings (SSSR count). The third-order valence-corrected chi connectivity index (χ3v) is 3.00. The Labute approximate surface area is 115 Å². The molecule has 0 saturated carbocycles. The van der Waals surface area contributed by atoms with Crippen LogP contribution < -0.4 is 15.4 Å². The molecule has 104 valence electrons. The zero-order valence-corrected chi connectivity index (χ0v) is 10.9. The van der Waals surface area contributed by atoms with E-state index in [9.17, 15) is 4.79 Å². The lowest BCUT2D eigenvalue weighted by Crippen LogP contribution is -2.25. The zero-order valence-electron chi connectivity index (χ0n) is 10.9. The van der Waals surface area contributed by atoms with Crippen molar-refractivity contribution in [2.75, 3.05) is 18.5 Å². The molecular weight excluding hydrogens is 258 g/mol. The summed E-state index contributed by atoms with van der Waals surface area (Å²) in [6.07, 6.45) is 3.49. The van der Waals surface area contributed by atoms with Crippen molar-refractivity contribution in [2.24, 2.45) is 0 Å². The fourth-order valence-corrected chi connectivity index (χ4v) is 2.02. The van der Waals surface area contributed by atoms with Crippen molar-refractivity contribution >= 4 is 11.6 Å². The summed E-state index contributed by atoms with van der Waals surface area (Å²) >= 11 is 0. The van der Waals surface area contributed by atoms with Gasteiger partial charge in [0, 0.05) is 19.3 Å². The highest BCUT2D eigenvalue weighted by Crippen LogP contribution is 2.28. The highest BCUT2D eigenvalue weighted by molar-refractivity contribution is 5.95. The maximum atomic E-state index is 11.3. The first-order chi connectivity index (χ1) is 9.81. The van der Waals surface area contributed by atoms with Crippen molar-refractivity contribution in [3.8, 4) is 5.75 Å². The first-order valence-electron chi connectivity index (χ1n) is 6.42. The fraction of sp³-hybridized carbons (Fsp3) is 0.308. The molecule has 0 unspecified atom stereocenters. The smallest absolute Gasteiger partial charge is 0.262 e. The summed E-state index contributed by atoms with van der Waals surface area (Å²) in [6, 6.07) is 5.79. The van der Waals surface area contributed by atoms with E-state index in [1.54, 1.807) is 10.9 Å². The molecule has 1 aromatic heterocycles. The minimum atomic E-state index is -0.117. The summed E-state index contributed by atoms with van der Waals surface area (Å²) in [4.78, 5) is 11.3. The van der Waals surface area contributed by atoms with E-state index in [0.717, 1.165) is 36.6 Å². The summed E-state index contributed by atoms with van der Waals surface area (Å²) in [5, 5.41) is 13.7. The number of rotatable bonds is 5. The summed E-state index contributed by atoms with van der Waals surface area (Å²) in [5.41, 5.74) is 1.82. The van der Waals surface area contributed by atoms with Gasteiger partial charge in [-0.3, -0.25) is 9.48 Å². The maximum Gasteiger partial charge on any atom is 0.262 e. The van der Waals surface area contributed by atoms with Gasteiger partial charge in [0.2, 0.25) is 0 Å². The molecule has 1 aromatic carbocycles. The van der Waals surface area contributed by atoms with Crippen LogP contribution in [0.25, 0.3) is 0 Å². The van der Waals surface area contributed by atoms with Crippen LogP contribution in [0.2, 0.25) is 0 Å². The number of anilines is 1. The average molecular weight is 273 g/mol. The van der Waals surface area contributed by atoms with E-state index >= 15 is 0 Å². The van der Waals surface area contributed by atoms with E-state index in [1.807, 2.05) is 24.4 Å². The van der Waals surface area contributed by atoms with Gasteiger partial charge in [0.25, 0.3) is 5.91 Å². The molecular formula is C13H15N5O2. The molecule has 2 aromatic rings. The quantitative estimate of drug-likeness (QED) is 0.771. The summed E-state index contributed by atoms with van der Waals surface area (Å²) in [5.74, 6) is 0.602. The van der Waals surface area contributed by atoms with Crippen molar-refractivity contribution < 1.29 is 9.53 Å². The molecule has 2 N–H and O–H groups in total.